The molecule has 8 nitrogen and oxygen atoms in total. The molecule has 2 N–H and O–H groups in total. The van der Waals surface area contributed by atoms with Crippen molar-refractivity contribution in [3.63, 3.8) is 0 Å². The van der Waals surface area contributed by atoms with Crippen molar-refractivity contribution >= 4 is 11.6 Å². The Balaban J connectivity index is 1.51. The molecule has 1 unspecified atom stereocenters. The van der Waals surface area contributed by atoms with Crippen LogP contribution < -0.4 is 10.6 Å². The molecule has 25 heavy (non-hydrogen) atoms. The van der Waals surface area contributed by atoms with Gasteiger partial charge in [-0.1, -0.05) is 5.16 Å². The quantitative estimate of drug-likeness (QED) is 0.792. The largest absolute Gasteiger partial charge is 0.384 e. The van der Waals surface area contributed by atoms with Crippen LogP contribution in [-0.2, 0) is 11.2 Å². The molecule has 1 amide bonds. The molecule has 1 aliphatic heterocycles. The molecular weight excluding hydrogens is 322 g/mol. The van der Waals surface area contributed by atoms with E-state index >= 15 is 0 Å². The van der Waals surface area contributed by atoms with Gasteiger partial charge in [0.15, 0.2) is 5.82 Å². The lowest BCUT2D eigenvalue weighted by molar-refractivity contribution is 0.0835. The van der Waals surface area contributed by atoms with Gasteiger partial charge in [0.25, 0.3) is 11.8 Å². The van der Waals surface area contributed by atoms with E-state index in [0.29, 0.717) is 30.4 Å². The third-order valence-corrected chi connectivity index (χ3v) is 3.78. The SMILES string of the molecule is CC(C)NC(=O)c1cc(NCCc2noc(C3CCCO3)n2)ccn1. The maximum absolute atomic E-state index is 12.0. The monoisotopic (exact) mass is 345 g/mol. The predicted molar refractivity (Wildman–Crippen MR) is 91.3 cm³/mol. The van der Waals surface area contributed by atoms with Crippen molar-refractivity contribution in [2.75, 3.05) is 18.5 Å². The number of carbonyl (C=O) groups excluding carboxylic acids is 1. The zero-order valence-electron chi connectivity index (χ0n) is 14.5. The van der Waals surface area contributed by atoms with Gasteiger partial charge in [0.05, 0.1) is 0 Å². The topological polar surface area (TPSA) is 102 Å². The van der Waals surface area contributed by atoms with Gasteiger partial charge in [0.1, 0.15) is 11.8 Å². The lowest BCUT2D eigenvalue weighted by atomic mass is 10.2. The number of nitrogens with one attached hydrogen (secondary N) is 2. The first-order valence-electron chi connectivity index (χ1n) is 8.56. The normalized spacial score (nSPS) is 17.0. The van der Waals surface area contributed by atoms with Crippen LogP contribution in [0.4, 0.5) is 5.69 Å². The fourth-order valence-electron chi connectivity index (χ4n) is 2.59. The molecule has 2 aromatic rings. The minimum atomic E-state index is -0.182. The summed E-state index contributed by atoms with van der Waals surface area (Å²) < 4.78 is 10.8. The molecule has 0 aliphatic carbocycles. The number of nitrogens with zero attached hydrogens (tertiary/aromatic N) is 3. The van der Waals surface area contributed by atoms with Crippen molar-refractivity contribution in [2.24, 2.45) is 0 Å². The van der Waals surface area contributed by atoms with E-state index in [2.05, 4.69) is 25.8 Å². The Morgan fingerprint density at radius 1 is 1.44 bits per heavy atom. The Kier molecular flexibility index (Phi) is 5.60. The molecule has 1 fully saturated rings. The summed E-state index contributed by atoms with van der Waals surface area (Å²) in [6.07, 6.45) is 4.13. The summed E-state index contributed by atoms with van der Waals surface area (Å²) in [5.41, 5.74) is 1.21. The maximum atomic E-state index is 12.0. The van der Waals surface area contributed by atoms with Crippen LogP contribution in [0.5, 0.6) is 0 Å². The average molecular weight is 345 g/mol. The summed E-state index contributed by atoms with van der Waals surface area (Å²) in [5, 5.41) is 10.1. The van der Waals surface area contributed by atoms with E-state index in [0.717, 1.165) is 25.1 Å². The van der Waals surface area contributed by atoms with Gasteiger partial charge < -0.3 is 19.9 Å². The van der Waals surface area contributed by atoms with Crippen LogP contribution in [-0.4, -0.2) is 40.2 Å². The Morgan fingerprint density at radius 2 is 2.32 bits per heavy atom. The number of anilines is 1. The smallest absolute Gasteiger partial charge is 0.270 e. The average Bonchev–Trinajstić information content (AvgIpc) is 3.26. The second kappa shape index (κ2) is 8.06. The van der Waals surface area contributed by atoms with Crippen molar-refractivity contribution in [1.29, 1.82) is 0 Å². The molecule has 0 bridgehead atoms. The van der Waals surface area contributed by atoms with Crippen molar-refractivity contribution in [3.05, 3.63) is 35.7 Å². The van der Waals surface area contributed by atoms with E-state index in [9.17, 15) is 4.79 Å². The number of carbonyl (C=O) groups is 1. The minimum Gasteiger partial charge on any atom is -0.384 e. The van der Waals surface area contributed by atoms with Gasteiger partial charge in [-0.15, -0.1) is 0 Å². The molecule has 3 heterocycles. The number of rotatable bonds is 7. The number of aromatic nitrogens is 3. The highest BCUT2D eigenvalue weighted by Gasteiger charge is 2.23. The fraction of sp³-hybridized carbons (Fsp3) is 0.529. The molecule has 1 saturated heterocycles. The van der Waals surface area contributed by atoms with Crippen LogP contribution >= 0.6 is 0 Å². The van der Waals surface area contributed by atoms with E-state index in [4.69, 9.17) is 9.26 Å². The minimum absolute atomic E-state index is 0.0589. The molecule has 0 spiro atoms. The highest BCUT2D eigenvalue weighted by molar-refractivity contribution is 5.93. The highest BCUT2D eigenvalue weighted by atomic mass is 16.5. The highest BCUT2D eigenvalue weighted by Crippen LogP contribution is 2.26. The van der Waals surface area contributed by atoms with Gasteiger partial charge in [-0.3, -0.25) is 9.78 Å². The molecule has 3 rings (SSSR count). The van der Waals surface area contributed by atoms with Crippen molar-refractivity contribution in [2.45, 2.75) is 45.3 Å². The molecule has 0 saturated carbocycles. The summed E-state index contributed by atoms with van der Waals surface area (Å²) in [7, 11) is 0. The molecular formula is C17H23N5O3. The number of hydrogen-bond donors (Lipinski definition) is 2. The van der Waals surface area contributed by atoms with E-state index in [-0.39, 0.29) is 18.1 Å². The first kappa shape index (κ1) is 17.3. The molecule has 2 aromatic heterocycles. The molecule has 1 aliphatic rings. The Morgan fingerprint density at radius 3 is 3.08 bits per heavy atom. The summed E-state index contributed by atoms with van der Waals surface area (Å²) in [6, 6.07) is 3.62. The van der Waals surface area contributed by atoms with E-state index in [1.807, 2.05) is 19.9 Å². The molecule has 134 valence electrons. The number of hydrogen-bond acceptors (Lipinski definition) is 7. The van der Waals surface area contributed by atoms with Crippen LogP contribution in [0, 0.1) is 0 Å². The van der Waals surface area contributed by atoms with Gasteiger partial charge in [-0.2, -0.15) is 4.98 Å². The maximum Gasteiger partial charge on any atom is 0.270 e. The molecule has 0 radical (unpaired) electrons. The van der Waals surface area contributed by atoms with Crippen LogP contribution in [0.1, 0.15) is 55.0 Å². The predicted octanol–water partition coefficient (Wildman–Crippen LogP) is 2.11. The van der Waals surface area contributed by atoms with Crippen molar-refractivity contribution in [3.8, 4) is 0 Å². The van der Waals surface area contributed by atoms with Gasteiger partial charge in [0.2, 0.25) is 0 Å². The van der Waals surface area contributed by atoms with Crippen LogP contribution in [0.25, 0.3) is 0 Å². The summed E-state index contributed by atoms with van der Waals surface area (Å²) in [6.45, 7) is 5.20. The second-order valence-corrected chi connectivity index (χ2v) is 6.29. The zero-order valence-corrected chi connectivity index (χ0v) is 14.5. The number of ether oxygens (including phenoxy) is 1. The van der Waals surface area contributed by atoms with Crippen molar-refractivity contribution in [1.82, 2.24) is 20.4 Å². The fourth-order valence-corrected chi connectivity index (χ4v) is 2.59. The second-order valence-electron chi connectivity index (χ2n) is 6.29. The van der Waals surface area contributed by atoms with Gasteiger partial charge >= 0.3 is 0 Å². The number of pyridine rings is 1. The van der Waals surface area contributed by atoms with Gasteiger partial charge in [0, 0.05) is 37.5 Å². The van der Waals surface area contributed by atoms with E-state index < -0.39 is 0 Å². The van der Waals surface area contributed by atoms with Crippen LogP contribution in [0.3, 0.4) is 0 Å². The lowest BCUT2D eigenvalue weighted by Crippen LogP contribution is -2.30. The van der Waals surface area contributed by atoms with Gasteiger partial charge in [-0.25, -0.2) is 0 Å². The summed E-state index contributed by atoms with van der Waals surface area (Å²) >= 11 is 0. The molecule has 8 heteroatoms. The summed E-state index contributed by atoms with van der Waals surface area (Å²) in [5.74, 6) is 1.02. The van der Waals surface area contributed by atoms with Gasteiger partial charge in [-0.05, 0) is 38.8 Å². The van der Waals surface area contributed by atoms with E-state index in [1.54, 1.807) is 12.3 Å². The van der Waals surface area contributed by atoms with Crippen molar-refractivity contribution < 1.29 is 14.1 Å². The third kappa shape index (κ3) is 4.76. The summed E-state index contributed by atoms with van der Waals surface area (Å²) in [4.78, 5) is 20.5. The standard InChI is InChI=1S/C17H23N5O3/c1-11(2)20-16(23)13-10-12(5-7-19-13)18-8-6-15-21-17(25-22-15)14-4-3-9-24-14/h5,7,10-11,14H,3-4,6,8-9H2,1-2H3,(H,18,19)(H,20,23). The number of amides is 1. The first-order valence-corrected chi connectivity index (χ1v) is 8.56. The lowest BCUT2D eigenvalue weighted by Gasteiger charge is -2.09. The Labute approximate surface area is 146 Å². The zero-order chi connectivity index (χ0) is 17.6. The van der Waals surface area contributed by atoms with Crippen LogP contribution in [0.15, 0.2) is 22.9 Å². The molecule has 0 aromatic carbocycles. The Hall–Kier alpha value is -2.48. The van der Waals surface area contributed by atoms with Crippen LogP contribution in [0.2, 0.25) is 0 Å². The molecule has 1 atom stereocenters. The van der Waals surface area contributed by atoms with E-state index in [1.165, 1.54) is 0 Å². The first-order chi connectivity index (χ1) is 12.1. The third-order valence-electron chi connectivity index (χ3n) is 3.78. The Bertz CT molecular complexity index is 710.